The van der Waals surface area contributed by atoms with E-state index in [-0.39, 0.29) is 5.69 Å². The van der Waals surface area contributed by atoms with E-state index in [0.717, 1.165) is 23.5 Å². The van der Waals surface area contributed by atoms with Crippen LogP contribution < -0.4 is 10.6 Å². The standard InChI is InChI=1S/C15H18BrFN4O/c1-4-21-10(3)12(9(2)20-21)8-18-15(22)19-14-6-5-11(16)7-13(14)17/h5-7H,4,8H2,1-3H3,(H2,18,19,22). The van der Waals surface area contributed by atoms with Gasteiger partial charge in [0.1, 0.15) is 5.82 Å². The average Bonchev–Trinajstić information content (AvgIpc) is 2.74. The number of anilines is 1. The zero-order valence-corrected chi connectivity index (χ0v) is 14.3. The molecule has 2 amide bonds. The molecule has 118 valence electrons. The molecule has 0 saturated heterocycles. The Hall–Kier alpha value is -1.89. The van der Waals surface area contributed by atoms with Crippen molar-refractivity contribution >= 4 is 27.6 Å². The lowest BCUT2D eigenvalue weighted by Crippen LogP contribution is -2.29. The molecular formula is C15H18BrFN4O. The summed E-state index contributed by atoms with van der Waals surface area (Å²) in [6, 6.07) is 4.02. The first-order valence-corrected chi connectivity index (χ1v) is 7.74. The Bertz CT molecular complexity index is 699. The second-order valence-electron chi connectivity index (χ2n) is 4.90. The van der Waals surface area contributed by atoms with Crippen LogP contribution in [0.25, 0.3) is 0 Å². The number of aryl methyl sites for hydroxylation is 2. The molecule has 0 unspecified atom stereocenters. The first kappa shape index (κ1) is 16.5. The second-order valence-corrected chi connectivity index (χ2v) is 5.81. The van der Waals surface area contributed by atoms with Gasteiger partial charge in [-0.1, -0.05) is 15.9 Å². The highest BCUT2D eigenvalue weighted by Gasteiger charge is 2.12. The topological polar surface area (TPSA) is 59.0 Å². The van der Waals surface area contributed by atoms with E-state index in [0.29, 0.717) is 11.0 Å². The van der Waals surface area contributed by atoms with Crippen molar-refractivity contribution in [2.45, 2.75) is 33.9 Å². The highest BCUT2D eigenvalue weighted by atomic mass is 79.9. The lowest BCUT2D eigenvalue weighted by molar-refractivity contribution is 0.251. The molecule has 0 aliphatic heterocycles. The van der Waals surface area contributed by atoms with Crippen molar-refractivity contribution in [1.82, 2.24) is 15.1 Å². The minimum Gasteiger partial charge on any atom is -0.334 e. The Kier molecular flexibility index (Phi) is 5.18. The molecule has 0 aliphatic carbocycles. The summed E-state index contributed by atoms with van der Waals surface area (Å²) in [4.78, 5) is 11.9. The predicted octanol–water partition coefficient (Wildman–Crippen LogP) is 3.74. The summed E-state index contributed by atoms with van der Waals surface area (Å²) in [5.74, 6) is -0.490. The van der Waals surface area contributed by atoms with Crippen LogP contribution in [0.2, 0.25) is 0 Å². The smallest absolute Gasteiger partial charge is 0.319 e. The van der Waals surface area contributed by atoms with Crippen LogP contribution in [-0.2, 0) is 13.1 Å². The first-order valence-electron chi connectivity index (χ1n) is 6.95. The van der Waals surface area contributed by atoms with Crippen LogP contribution in [0.15, 0.2) is 22.7 Å². The third kappa shape index (κ3) is 3.65. The quantitative estimate of drug-likeness (QED) is 0.863. The van der Waals surface area contributed by atoms with Gasteiger partial charge in [0.05, 0.1) is 11.4 Å². The summed E-state index contributed by atoms with van der Waals surface area (Å²) in [5, 5.41) is 9.62. The molecule has 2 rings (SSSR count). The number of urea groups is 1. The summed E-state index contributed by atoms with van der Waals surface area (Å²) < 4.78 is 16.2. The van der Waals surface area contributed by atoms with Gasteiger partial charge in [-0.15, -0.1) is 0 Å². The van der Waals surface area contributed by atoms with Crippen molar-refractivity contribution in [2.24, 2.45) is 0 Å². The van der Waals surface area contributed by atoms with Gasteiger partial charge in [0, 0.05) is 28.8 Å². The van der Waals surface area contributed by atoms with Crippen LogP contribution in [0.4, 0.5) is 14.9 Å². The fraction of sp³-hybridized carbons (Fsp3) is 0.333. The number of carbonyl (C=O) groups excluding carboxylic acids is 1. The van der Waals surface area contributed by atoms with Gasteiger partial charge in [-0.25, -0.2) is 9.18 Å². The van der Waals surface area contributed by atoms with Gasteiger partial charge in [0.25, 0.3) is 0 Å². The van der Waals surface area contributed by atoms with Crippen LogP contribution >= 0.6 is 15.9 Å². The van der Waals surface area contributed by atoms with Crippen LogP contribution in [0.1, 0.15) is 23.9 Å². The molecule has 2 aromatic rings. The SMILES string of the molecule is CCn1nc(C)c(CNC(=O)Nc2ccc(Br)cc2F)c1C. The number of nitrogens with zero attached hydrogens (tertiary/aromatic N) is 2. The van der Waals surface area contributed by atoms with Crippen molar-refractivity contribution in [1.29, 1.82) is 0 Å². The average molecular weight is 369 g/mol. The molecule has 0 fully saturated rings. The first-order chi connectivity index (χ1) is 10.4. The largest absolute Gasteiger partial charge is 0.334 e. The maximum absolute atomic E-state index is 13.7. The molecule has 1 heterocycles. The number of amides is 2. The van der Waals surface area contributed by atoms with Crippen molar-refractivity contribution in [2.75, 3.05) is 5.32 Å². The molecule has 0 saturated carbocycles. The Morgan fingerprint density at radius 3 is 2.73 bits per heavy atom. The normalized spacial score (nSPS) is 10.6. The molecule has 0 aliphatic rings. The van der Waals surface area contributed by atoms with Crippen molar-refractivity contribution in [3.05, 3.63) is 45.4 Å². The lowest BCUT2D eigenvalue weighted by atomic mass is 10.2. The van der Waals surface area contributed by atoms with Crippen LogP contribution in [0, 0.1) is 19.7 Å². The number of nitrogens with one attached hydrogen (secondary N) is 2. The molecule has 2 N–H and O–H groups in total. The van der Waals surface area contributed by atoms with Crippen LogP contribution in [0.3, 0.4) is 0 Å². The molecule has 1 aromatic heterocycles. The molecule has 0 radical (unpaired) electrons. The van der Waals surface area contributed by atoms with Crippen LogP contribution in [-0.4, -0.2) is 15.8 Å². The van der Waals surface area contributed by atoms with Gasteiger partial charge in [-0.3, -0.25) is 4.68 Å². The van der Waals surface area contributed by atoms with E-state index >= 15 is 0 Å². The molecule has 7 heteroatoms. The van der Waals surface area contributed by atoms with E-state index in [1.165, 1.54) is 12.1 Å². The zero-order chi connectivity index (χ0) is 16.3. The maximum Gasteiger partial charge on any atom is 0.319 e. The van der Waals surface area contributed by atoms with Crippen LogP contribution in [0.5, 0.6) is 0 Å². The van der Waals surface area contributed by atoms with Gasteiger partial charge in [0.15, 0.2) is 0 Å². The Balaban J connectivity index is 2.00. The molecule has 0 atom stereocenters. The monoisotopic (exact) mass is 368 g/mol. The zero-order valence-electron chi connectivity index (χ0n) is 12.7. The Morgan fingerprint density at radius 1 is 1.41 bits per heavy atom. The van der Waals surface area contributed by atoms with E-state index in [1.54, 1.807) is 6.07 Å². The minimum absolute atomic E-state index is 0.137. The fourth-order valence-electron chi connectivity index (χ4n) is 2.22. The molecule has 0 spiro atoms. The third-order valence-electron chi connectivity index (χ3n) is 3.44. The van der Waals surface area contributed by atoms with E-state index < -0.39 is 11.8 Å². The van der Waals surface area contributed by atoms with Crippen molar-refractivity contribution in [3.63, 3.8) is 0 Å². The summed E-state index contributed by atoms with van der Waals surface area (Å²) in [5.41, 5.74) is 3.02. The molecular weight excluding hydrogens is 351 g/mol. The van der Waals surface area contributed by atoms with E-state index in [1.807, 2.05) is 25.5 Å². The maximum atomic E-state index is 13.7. The highest BCUT2D eigenvalue weighted by molar-refractivity contribution is 9.10. The number of halogens is 2. The van der Waals surface area contributed by atoms with Gasteiger partial charge >= 0.3 is 6.03 Å². The molecule has 5 nitrogen and oxygen atoms in total. The lowest BCUT2D eigenvalue weighted by Gasteiger charge is -2.09. The minimum atomic E-state index is -0.490. The number of rotatable bonds is 4. The van der Waals surface area contributed by atoms with Crippen molar-refractivity contribution < 1.29 is 9.18 Å². The second kappa shape index (κ2) is 6.91. The summed E-state index contributed by atoms with van der Waals surface area (Å²) in [6.45, 7) is 7.01. The molecule has 22 heavy (non-hydrogen) atoms. The van der Waals surface area contributed by atoms with Gasteiger partial charge in [-0.2, -0.15) is 5.10 Å². The number of hydrogen-bond donors (Lipinski definition) is 2. The van der Waals surface area contributed by atoms with E-state index in [2.05, 4.69) is 31.7 Å². The fourth-order valence-corrected chi connectivity index (χ4v) is 2.56. The Labute approximate surface area is 137 Å². The Morgan fingerprint density at radius 2 is 2.14 bits per heavy atom. The number of hydrogen-bond acceptors (Lipinski definition) is 2. The number of carbonyl (C=O) groups is 1. The highest BCUT2D eigenvalue weighted by Crippen LogP contribution is 2.19. The molecule has 0 bridgehead atoms. The third-order valence-corrected chi connectivity index (χ3v) is 3.93. The van der Waals surface area contributed by atoms with E-state index in [4.69, 9.17) is 0 Å². The summed E-state index contributed by atoms with van der Waals surface area (Å²) in [7, 11) is 0. The molecule has 1 aromatic carbocycles. The van der Waals surface area contributed by atoms with E-state index in [9.17, 15) is 9.18 Å². The predicted molar refractivity (Wildman–Crippen MR) is 87.3 cm³/mol. The summed E-state index contributed by atoms with van der Waals surface area (Å²) >= 11 is 3.17. The summed E-state index contributed by atoms with van der Waals surface area (Å²) in [6.07, 6.45) is 0. The van der Waals surface area contributed by atoms with Gasteiger partial charge < -0.3 is 10.6 Å². The van der Waals surface area contributed by atoms with Crippen molar-refractivity contribution in [3.8, 4) is 0 Å². The van der Waals surface area contributed by atoms with Gasteiger partial charge in [0.2, 0.25) is 0 Å². The number of benzene rings is 1. The number of aromatic nitrogens is 2. The van der Waals surface area contributed by atoms with Gasteiger partial charge in [-0.05, 0) is 39.0 Å².